The van der Waals surface area contributed by atoms with Crippen molar-refractivity contribution in [1.82, 2.24) is 0 Å². The molecule has 0 saturated carbocycles. The number of phenolic OH excluding ortho intramolecular Hbond substituents is 1. The summed E-state index contributed by atoms with van der Waals surface area (Å²) in [4.78, 5) is 0. The molecule has 1 rings (SSSR count). The van der Waals surface area contributed by atoms with Crippen LogP contribution in [0.5, 0.6) is 5.75 Å². The van der Waals surface area contributed by atoms with Gasteiger partial charge in [-0.3, -0.25) is 0 Å². The highest BCUT2D eigenvalue weighted by Gasteiger charge is 1.95. The van der Waals surface area contributed by atoms with Crippen LogP contribution in [0.25, 0.3) is 0 Å². The van der Waals surface area contributed by atoms with Crippen LogP contribution >= 0.6 is 0 Å². The zero-order valence-electron chi connectivity index (χ0n) is 13.9. The number of benzene rings is 1. The molecule has 1 nitrogen and oxygen atoms in total. The van der Waals surface area contributed by atoms with E-state index < -0.39 is 0 Å². The molecule has 1 heteroatoms. The molecule has 0 spiro atoms. The minimum Gasteiger partial charge on any atom is -0.508 e. The smallest absolute Gasteiger partial charge is 0.115 e. The molecular formula is C20H34O. The minimum atomic E-state index is 0.369. The summed E-state index contributed by atoms with van der Waals surface area (Å²) < 4.78 is 0. The number of rotatable bonds is 13. The second-order valence-corrected chi connectivity index (χ2v) is 6.31. The van der Waals surface area contributed by atoms with Gasteiger partial charge in [0.05, 0.1) is 0 Å². The number of aromatic hydroxyl groups is 1. The Morgan fingerprint density at radius 2 is 1.05 bits per heavy atom. The van der Waals surface area contributed by atoms with Crippen molar-refractivity contribution >= 4 is 0 Å². The molecule has 0 atom stereocenters. The molecule has 0 aromatic heterocycles. The molecule has 21 heavy (non-hydrogen) atoms. The molecule has 1 aromatic carbocycles. The summed E-state index contributed by atoms with van der Waals surface area (Å²) in [6, 6.07) is 7.65. The third kappa shape index (κ3) is 10.4. The van der Waals surface area contributed by atoms with Crippen LogP contribution in [0.4, 0.5) is 0 Å². The van der Waals surface area contributed by atoms with E-state index in [4.69, 9.17) is 0 Å². The highest BCUT2D eigenvalue weighted by molar-refractivity contribution is 5.25. The molecule has 0 bridgehead atoms. The summed E-state index contributed by atoms with van der Waals surface area (Å²) in [6.07, 6.45) is 18.0. The number of hydrogen-bond donors (Lipinski definition) is 1. The normalized spacial score (nSPS) is 10.9. The van der Waals surface area contributed by atoms with E-state index in [9.17, 15) is 5.11 Å². The lowest BCUT2D eigenvalue weighted by Crippen LogP contribution is -1.86. The number of phenols is 1. The van der Waals surface area contributed by atoms with E-state index >= 15 is 0 Å². The summed E-state index contributed by atoms with van der Waals surface area (Å²) in [7, 11) is 0. The van der Waals surface area contributed by atoms with E-state index in [0.717, 1.165) is 6.42 Å². The first-order valence-electron chi connectivity index (χ1n) is 9.11. The molecule has 1 aromatic rings. The SMILES string of the molecule is CCCCCCCCCCCCCCc1ccc(O)cc1. The first kappa shape index (κ1) is 18.1. The van der Waals surface area contributed by atoms with Gasteiger partial charge in [-0.15, -0.1) is 0 Å². The highest BCUT2D eigenvalue weighted by atomic mass is 16.3. The van der Waals surface area contributed by atoms with Crippen molar-refractivity contribution in [1.29, 1.82) is 0 Å². The maximum absolute atomic E-state index is 9.23. The van der Waals surface area contributed by atoms with Crippen LogP contribution in [0, 0.1) is 0 Å². The fraction of sp³-hybridized carbons (Fsp3) is 0.700. The van der Waals surface area contributed by atoms with Crippen LogP contribution in [0.15, 0.2) is 24.3 Å². The Bertz CT molecular complexity index is 328. The number of hydrogen-bond acceptors (Lipinski definition) is 1. The quantitative estimate of drug-likeness (QED) is 0.404. The average molecular weight is 290 g/mol. The Labute approximate surface area is 131 Å². The molecule has 0 aliphatic carbocycles. The molecule has 0 radical (unpaired) electrons. The Hall–Kier alpha value is -0.980. The first-order valence-corrected chi connectivity index (χ1v) is 9.11. The Morgan fingerprint density at radius 3 is 1.52 bits per heavy atom. The van der Waals surface area contributed by atoms with Crippen molar-refractivity contribution < 1.29 is 5.11 Å². The molecule has 1 N–H and O–H groups in total. The van der Waals surface area contributed by atoms with Crippen LogP contribution in [0.2, 0.25) is 0 Å². The van der Waals surface area contributed by atoms with Crippen LogP contribution in [0.3, 0.4) is 0 Å². The van der Waals surface area contributed by atoms with Crippen molar-refractivity contribution in [3.05, 3.63) is 29.8 Å². The summed E-state index contributed by atoms with van der Waals surface area (Å²) in [5.74, 6) is 0.369. The Morgan fingerprint density at radius 1 is 0.619 bits per heavy atom. The van der Waals surface area contributed by atoms with Gasteiger partial charge in [0.25, 0.3) is 0 Å². The average Bonchev–Trinajstić information content (AvgIpc) is 2.50. The fourth-order valence-corrected chi connectivity index (χ4v) is 2.83. The Kier molecular flexibility index (Phi) is 11.0. The van der Waals surface area contributed by atoms with Gasteiger partial charge < -0.3 is 5.11 Å². The van der Waals surface area contributed by atoms with E-state index in [1.54, 1.807) is 12.1 Å². The lowest BCUT2D eigenvalue weighted by Gasteiger charge is -2.03. The maximum atomic E-state index is 9.23. The van der Waals surface area contributed by atoms with Crippen molar-refractivity contribution in [2.75, 3.05) is 0 Å². The van der Waals surface area contributed by atoms with Gasteiger partial charge in [0.15, 0.2) is 0 Å². The van der Waals surface area contributed by atoms with Crippen LogP contribution in [-0.4, -0.2) is 5.11 Å². The predicted molar refractivity (Wildman–Crippen MR) is 92.9 cm³/mol. The van der Waals surface area contributed by atoms with Crippen molar-refractivity contribution in [2.24, 2.45) is 0 Å². The van der Waals surface area contributed by atoms with Gasteiger partial charge in [0.2, 0.25) is 0 Å². The molecule has 0 aliphatic heterocycles. The second kappa shape index (κ2) is 12.7. The van der Waals surface area contributed by atoms with E-state index in [2.05, 4.69) is 6.92 Å². The van der Waals surface area contributed by atoms with Crippen molar-refractivity contribution in [3.63, 3.8) is 0 Å². The molecule has 0 saturated heterocycles. The van der Waals surface area contributed by atoms with Crippen LogP contribution in [0.1, 0.15) is 89.5 Å². The van der Waals surface area contributed by atoms with Gasteiger partial charge in [-0.1, -0.05) is 89.7 Å². The van der Waals surface area contributed by atoms with Crippen LogP contribution in [-0.2, 0) is 6.42 Å². The molecule has 0 heterocycles. The predicted octanol–water partition coefficient (Wildman–Crippen LogP) is 6.64. The minimum absolute atomic E-state index is 0.369. The van der Waals surface area contributed by atoms with Crippen LogP contribution < -0.4 is 0 Å². The van der Waals surface area contributed by atoms with Gasteiger partial charge in [0, 0.05) is 0 Å². The van der Waals surface area contributed by atoms with Gasteiger partial charge in [0.1, 0.15) is 5.75 Å². The van der Waals surface area contributed by atoms with E-state index in [-0.39, 0.29) is 0 Å². The van der Waals surface area contributed by atoms with Gasteiger partial charge >= 0.3 is 0 Å². The number of aryl methyl sites for hydroxylation is 1. The second-order valence-electron chi connectivity index (χ2n) is 6.31. The lowest BCUT2D eigenvalue weighted by atomic mass is 10.0. The molecule has 0 unspecified atom stereocenters. The topological polar surface area (TPSA) is 20.2 Å². The van der Waals surface area contributed by atoms with Gasteiger partial charge in [-0.05, 0) is 30.5 Å². The zero-order valence-corrected chi connectivity index (χ0v) is 13.9. The monoisotopic (exact) mass is 290 g/mol. The third-order valence-electron chi connectivity index (χ3n) is 4.26. The molecule has 0 amide bonds. The standard InChI is InChI=1S/C20H34O/c1-2-3-4-5-6-7-8-9-10-11-12-13-14-19-15-17-20(21)18-16-19/h15-18,21H,2-14H2,1H3. The first-order chi connectivity index (χ1) is 10.3. The summed E-state index contributed by atoms with van der Waals surface area (Å²) in [5, 5.41) is 9.23. The zero-order chi connectivity index (χ0) is 15.2. The third-order valence-corrected chi connectivity index (χ3v) is 4.26. The van der Waals surface area contributed by atoms with Gasteiger partial charge in [-0.2, -0.15) is 0 Å². The van der Waals surface area contributed by atoms with E-state index in [0.29, 0.717) is 5.75 Å². The molecule has 0 aliphatic rings. The molecule has 0 fully saturated rings. The van der Waals surface area contributed by atoms with E-state index in [1.807, 2.05) is 12.1 Å². The lowest BCUT2D eigenvalue weighted by molar-refractivity contribution is 0.475. The fourth-order valence-electron chi connectivity index (χ4n) is 2.83. The molecule has 120 valence electrons. The molecular weight excluding hydrogens is 256 g/mol. The van der Waals surface area contributed by atoms with Gasteiger partial charge in [-0.25, -0.2) is 0 Å². The summed E-state index contributed by atoms with van der Waals surface area (Å²) in [5.41, 5.74) is 1.35. The summed E-state index contributed by atoms with van der Waals surface area (Å²) >= 11 is 0. The van der Waals surface area contributed by atoms with Crippen molar-refractivity contribution in [3.8, 4) is 5.75 Å². The maximum Gasteiger partial charge on any atom is 0.115 e. The van der Waals surface area contributed by atoms with Crippen molar-refractivity contribution in [2.45, 2.75) is 90.4 Å². The Balaban J connectivity index is 1.81. The summed E-state index contributed by atoms with van der Waals surface area (Å²) in [6.45, 7) is 2.28. The number of unbranched alkanes of at least 4 members (excludes halogenated alkanes) is 11. The van der Waals surface area contributed by atoms with E-state index in [1.165, 1.54) is 82.6 Å². The largest absolute Gasteiger partial charge is 0.508 e. The highest BCUT2D eigenvalue weighted by Crippen LogP contribution is 2.14.